The topological polar surface area (TPSA) is 37.8 Å². The van der Waals surface area contributed by atoms with Crippen molar-refractivity contribution in [3.05, 3.63) is 51.6 Å². The number of hydrogen-bond acceptors (Lipinski definition) is 4. The Hall–Kier alpha value is -1.65. The number of rotatable bonds is 3. The van der Waals surface area contributed by atoms with E-state index >= 15 is 0 Å². The van der Waals surface area contributed by atoms with Crippen molar-refractivity contribution in [3.8, 4) is 0 Å². The summed E-state index contributed by atoms with van der Waals surface area (Å²) < 4.78 is 0. The van der Waals surface area contributed by atoms with Gasteiger partial charge in [0.25, 0.3) is 0 Å². The van der Waals surface area contributed by atoms with E-state index in [9.17, 15) is 0 Å². The second kappa shape index (κ2) is 5.15. The number of pyridine rings is 1. The van der Waals surface area contributed by atoms with Crippen LogP contribution in [-0.4, -0.2) is 9.97 Å². The van der Waals surface area contributed by atoms with Crippen molar-refractivity contribution >= 4 is 39.5 Å². The Kier molecular flexibility index (Phi) is 3.36. The van der Waals surface area contributed by atoms with E-state index in [1.165, 1.54) is 4.88 Å². The predicted octanol–water partition coefficient (Wildman–Crippen LogP) is 4.27. The van der Waals surface area contributed by atoms with Gasteiger partial charge in [0.05, 0.1) is 28.3 Å². The van der Waals surface area contributed by atoms with Gasteiger partial charge in [0.15, 0.2) is 0 Å². The number of aryl methyl sites for hydroxylation is 1. The van der Waals surface area contributed by atoms with E-state index in [0.717, 1.165) is 33.7 Å². The predicted molar refractivity (Wildman–Crippen MR) is 80.9 cm³/mol. The lowest BCUT2D eigenvalue weighted by molar-refractivity contribution is 1.18. The van der Waals surface area contributed by atoms with Gasteiger partial charge in [-0.15, -0.1) is 11.3 Å². The van der Waals surface area contributed by atoms with Crippen LogP contribution in [0.5, 0.6) is 0 Å². The first-order valence-electron chi connectivity index (χ1n) is 5.91. The molecule has 2 heterocycles. The smallest absolute Gasteiger partial charge is 0.0794 e. The average Bonchev–Trinajstić information content (AvgIpc) is 2.92. The monoisotopic (exact) mass is 289 g/mol. The fourth-order valence-corrected chi connectivity index (χ4v) is 2.93. The molecule has 0 saturated carbocycles. The fourth-order valence-electron chi connectivity index (χ4n) is 2.07. The zero-order valence-electron chi connectivity index (χ0n) is 10.4. The van der Waals surface area contributed by atoms with E-state index in [1.807, 2.05) is 36.8 Å². The number of nitrogens with one attached hydrogen (secondary N) is 1. The number of nitrogens with zero attached hydrogens (tertiary/aromatic N) is 2. The quantitative estimate of drug-likeness (QED) is 0.782. The SMILES string of the molecule is Cc1cc(Cl)c(NCc2cncs2)c2cccnc12. The van der Waals surface area contributed by atoms with E-state index in [-0.39, 0.29) is 0 Å². The zero-order chi connectivity index (χ0) is 13.2. The first-order valence-corrected chi connectivity index (χ1v) is 7.16. The van der Waals surface area contributed by atoms with E-state index in [1.54, 1.807) is 17.5 Å². The maximum Gasteiger partial charge on any atom is 0.0794 e. The van der Waals surface area contributed by atoms with E-state index in [4.69, 9.17) is 11.6 Å². The van der Waals surface area contributed by atoms with Crippen LogP contribution in [0.2, 0.25) is 5.02 Å². The lowest BCUT2D eigenvalue weighted by atomic mass is 10.1. The number of hydrogen-bond donors (Lipinski definition) is 1. The van der Waals surface area contributed by atoms with Gasteiger partial charge >= 0.3 is 0 Å². The zero-order valence-corrected chi connectivity index (χ0v) is 11.9. The van der Waals surface area contributed by atoms with Crippen LogP contribution in [0.15, 0.2) is 36.1 Å². The molecule has 3 rings (SSSR count). The molecule has 0 saturated heterocycles. The van der Waals surface area contributed by atoms with Crippen LogP contribution in [0.3, 0.4) is 0 Å². The molecule has 0 unspecified atom stereocenters. The number of halogens is 1. The highest BCUT2D eigenvalue weighted by atomic mass is 35.5. The molecule has 1 aromatic carbocycles. The van der Waals surface area contributed by atoms with Crippen LogP contribution in [0, 0.1) is 6.92 Å². The maximum absolute atomic E-state index is 6.35. The van der Waals surface area contributed by atoms with E-state index < -0.39 is 0 Å². The van der Waals surface area contributed by atoms with Crippen molar-refractivity contribution in [2.75, 3.05) is 5.32 Å². The minimum Gasteiger partial charge on any atom is -0.378 e. The Balaban J connectivity index is 2.02. The summed E-state index contributed by atoms with van der Waals surface area (Å²) in [6.07, 6.45) is 3.66. The number of fused-ring (bicyclic) bond motifs is 1. The summed E-state index contributed by atoms with van der Waals surface area (Å²) in [5.41, 5.74) is 4.83. The number of thiazole rings is 1. The molecule has 96 valence electrons. The molecule has 5 heteroatoms. The van der Waals surface area contributed by atoms with Gasteiger partial charge in [-0.25, -0.2) is 0 Å². The highest BCUT2D eigenvalue weighted by Gasteiger charge is 2.09. The van der Waals surface area contributed by atoms with Crippen LogP contribution < -0.4 is 5.32 Å². The van der Waals surface area contributed by atoms with E-state index in [2.05, 4.69) is 15.3 Å². The first kappa shape index (κ1) is 12.4. The highest BCUT2D eigenvalue weighted by molar-refractivity contribution is 7.09. The molecule has 0 fully saturated rings. The van der Waals surface area contributed by atoms with Crippen molar-refractivity contribution in [1.82, 2.24) is 9.97 Å². The highest BCUT2D eigenvalue weighted by Crippen LogP contribution is 2.33. The van der Waals surface area contributed by atoms with Gasteiger partial charge in [0.1, 0.15) is 0 Å². The van der Waals surface area contributed by atoms with Gasteiger partial charge in [-0.1, -0.05) is 11.6 Å². The summed E-state index contributed by atoms with van der Waals surface area (Å²) in [6, 6.07) is 5.91. The Bertz CT molecular complexity index is 710. The third-order valence-electron chi connectivity index (χ3n) is 2.96. The summed E-state index contributed by atoms with van der Waals surface area (Å²) in [5.74, 6) is 0. The Labute approximate surface area is 120 Å². The molecule has 3 nitrogen and oxygen atoms in total. The lowest BCUT2D eigenvalue weighted by Gasteiger charge is -2.12. The molecule has 2 aromatic heterocycles. The van der Waals surface area contributed by atoms with Gasteiger partial charge in [-0.05, 0) is 30.7 Å². The fraction of sp³-hybridized carbons (Fsp3) is 0.143. The van der Waals surface area contributed by atoms with Gasteiger partial charge in [0, 0.05) is 22.7 Å². The maximum atomic E-state index is 6.35. The van der Waals surface area contributed by atoms with Crippen molar-refractivity contribution in [1.29, 1.82) is 0 Å². The Morgan fingerprint density at radius 1 is 1.42 bits per heavy atom. The molecule has 0 aliphatic rings. The van der Waals surface area contributed by atoms with Crippen LogP contribution in [0.1, 0.15) is 10.4 Å². The average molecular weight is 290 g/mol. The number of benzene rings is 1. The molecule has 0 radical (unpaired) electrons. The molecule has 0 bridgehead atoms. The Morgan fingerprint density at radius 3 is 3.11 bits per heavy atom. The molecule has 0 aliphatic heterocycles. The van der Waals surface area contributed by atoms with Crippen LogP contribution in [0.4, 0.5) is 5.69 Å². The largest absolute Gasteiger partial charge is 0.378 e. The minimum atomic E-state index is 0.720. The van der Waals surface area contributed by atoms with E-state index in [0.29, 0.717) is 0 Å². The molecule has 0 amide bonds. The third kappa shape index (κ3) is 2.41. The summed E-state index contributed by atoms with van der Waals surface area (Å²) in [6.45, 7) is 2.74. The number of aromatic nitrogens is 2. The first-order chi connectivity index (χ1) is 9.25. The molecule has 19 heavy (non-hydrogen) atoms. The van der Waals surface area contributed by atoms with Crippen LogP contribution in [0.25, 0.3) is 10.9 Å². The molecule has 0 spiro atoms. The molecule has 1 N–H and O–H groups in total. The van der Waals surface area contributed by atoms with Gasteiger partial charge < -0.3 is 5.32 Å². The summed E-state index contributed by atoms with van der Waals surface area (Å²) in [4.78, 5) is 9.66. The molecule has 0 atom stereocenters. The summed E-state index contributed by atoms with van der Waals surface area (Å²) in [5, 5.41) is 5.16. The van der Waals surface area contributed by atoms with Gasteiger partial charge in [-0.2, -0.15) is 0 Å². The van der Waals surface area contributed by atoms with Crippen molar-refractivity contribution in [3.63, 3.8) is 0 Å². The summed E-state index contributed by atoms with van der Waals surface area (Å²) >= 11 is 7.97. The number of anilines is 1. The van der Waals surface area contributed by atoms with Crippen LogP contribution >= 0.6 is 22.9 Å². The van der Waals surface area contributed by atoms with Gasteiger partial charge in [-0.3, -0.25) is 9.97 Å². The van der Waals surface area contributed by atoms with Crippen LogP contribution in [-0.2, 0) is 6.54 Å². The van der Waals surface area contributed by atoms with Gasteiger partial charge in [0.2, 0.25) is 0 Å². The van der Waals surface area contributed by atoms with Crippen molar-refractivity contribution < 1.29 is 0 Å². The summed E-state index contributed by atoms with van der Waals surface area (Å²) in [7, 11) is 0. The van der Waals surface area contributed by atoms with Crippen molar-refractivity contribution in [2.24, 2.45) is 0 Å². The second-order valence-electron chi connectivity index (χ2n) is 4.27. The van der Waals surface area contributed by atoms with Crippen molar-refractivity contribution in [2.45, 2.75) is 13.5 Å². The second-order valence-corrected chi connectivity index (χ2v) is 5.65. The molecular formula is C14H12ClN3S. The Morgan fingerprint density at radius 2 is 2.32 bits per heavy atom. The standard InChI is InChI=1S/C14H12ClN3S/c1-9-5-12(15)14(11-3-2-4-17-13(9)11)18-7-10-6-16-8-19-10/h2-6,8,18H,7H2,1H3. The third-order valence-corrected chi connectivity index (χ3v) is 4.03. The molecular weight excluding hydrogens is 278 g/mol. The normalized spacial score (nSPS) is 10.8. The lowest BCUT2D eigenvalue weighted by Crippen LogP contribution is -2.00. The molecule has 0 aliphatic carbocycles. The minimum absolute atomic E-state index is 0.720. The molecule has 3 aromatic rings.